The summed E-state index contributed by atoms with van der Waals surface area (Å²) >= 11 is 1.28. The fourth-order valence-corrected chi connectivity index (χ4v) is 3.52. The molecule has 10 nitrogen and oxygen atoms in total. The van der Waals surface area contributed by atoms with Crippen molar-refractivity contribution in [3.63, 3.8) is 0 Å². The van der Waals surface area contributed by atoms with Gasteiger partial charge >= 0.3 is 18.0 Å². The maximum atomic E-state index is 12.0. The van der Waals surface area contributed by atoms with E-state index in [0.29, 0.717) is 17.6 Å². The first kappa shape index (κ1) is 23.0. The molecule has 0 radical (unpaired) electrons. The number of thiazole rings is 1. The summed E-state index contributed by atoms with van der Waals surface area (Å²) in [5, 5.41) is 13.8. The molecule has 1 saturated heterocycles. The third kappa shape index (κ3) is 7.26. The molecule has 4 N–H and O–H groups in total. The van der Waals surface area contributed by atoms with Crippen molar-refractivity contribution in [1.82, 2.24) is 10.3 Å². The van der Waals surface area contributed by atoms with E-state index in [2.05, 4.69) is 15.0 Å². The van der Waals surface area contributed by atoms with Crippen molar-refractivity contribution in [2.24, 2.45) is 11.7 Å². The number of alkyl carbamates (subject to hydrolysis) is 1. The largest absolute Gasteiger partial charge is 0.444 e. The zero-order valence-electron chi connectivity index (χ0n) is 16.8. The van der Waals surface area contributed by atoms with Crippen LogP contribution in [0.3, 0.4) is 0 Å². The zero-order chi connectivity index (χ0) is 21.6. The van der Waals surface area contributed by atoms with Crippen molar-refractivity contribution in [2.75, 3.05) is 31.1 Å². The van der Waals surface area contributed by atoms with Gasteiger partial charge in [-0.15, -0.1) is 11.3 Å². The van der Waals surface area contributed by atoms with Gasteiger partial charge in [-0.2, -0.15) is 0 Å². The molecule has 1 aliphatic heterocycles. The Morgan fingerprint density at radius 3 is 2.62 bits per heavy atom. The van der Waals surface area contributed by atoms with Crippen molar-refractivity contribution in [3.8, 4) is 0 Å². The molecule has 0 saturated carbocycles. The molecule has 1 fully saturated rings. The van der Waals surface area contributed by atoms with Crippen LogP contribution >= 0.6 is 11.3 Å². The van der Waals surface area contributed by atoms with Crippen molar-refractivity contribution in [3.05, 3.63) is 11.1 Å². The number of rotatable bonds is 6. The lowest BCUT2D eigenvalue weighted by molar-refractivity contribution is -0.140. The first-order valence-electron chi connectivity index (χ1n) is 9.39. The number of hydrogen-bond donors (Lipinski definition) is 3. The summed E-state index contributed by atoms with van der Waals surface area (Å²) in [5.74, 6) is -1.55. The molecule has 0 aliphatic carbocycles. The SMILES string of the molecule is CC(C)(C)OC(=O)NCC1CCN(c2nc(C(=O)OC(=O)[C@@H](N)CO)cs2)CC1. The Labute approximate surface area is 173 Å². The highest BCUT2D eigenvalue weighted by atomic mass is 32.1. The standard InChI is InChI=1S/C18H28N4O6S/c1-18(2,3)28-17(26)20-8-11-4-6-22(7-5-11)16-21-13(10-29-16)15(25)27-14(24)12(19)9-23/h10-12,23H,4-9,19H2,1-3H3,(H,20,26)/t12-/m0/s1. The predicted molar refractivity (Wildman–Crippen MR) is 107 cm³/mol. The lowest BCUT2D eigenvalue weighted by Crippen LogP contribution is -2.40. The average Bonchev–Trinajstić information content (AvgIpc) is 3.15. The van der Waals surface area contributed by atoms with E-state index in [1.54, 1.807) is 0 Å². The second kappa shape index (κ2) is 9.99. The Balaban J connectivity index is 1.79. The van der Waals surface area contributed by atoms with Crippen LogP contribution in [0.15, 0.2) is 5.38 Å². The molecular weight excluding hydrogens is 400 g/mol. The number of esters is 2. The number of carbonyl (C=O) groups excluding carboxylic acids is 3. The van der Waals surface area contributed by atoms with Gasteiger partial charge in [0, 0.05) is 25.0 Å². The summed E-state index contributed by atoms with van der Waals surface area (Å²) in [6.45, 7) is 6.87. The molecule has 1 aromatic rings. The van der Waals surface area contributed by atoms with Crippen molar-refractivity contribution in [2.45, 2.75) is 45.3 Å². The number of amides is 1. The number of aliphatic hydroxyl groups excluding tert-OH is 1. The third-order valence-electron chi connectivity index (χ3n) is 4.21. The molecule has 0 bridgehead atoms. The van der Waals surface area contributed by atoms with Gasteiger partial charge in [-0.1, -0.05) is 0 Å². The van der Waals surface area contributed by atoms with Crippen LogP contribution in [0.5, 0.6) is 0 Å². The third-order valence-corrected chi connectivity index (χ3v) is 5.11. The lowest BCUT2D eigenvalue weighted by atomic mass is 9.97. The van der Waals surface area contributed by atoms with E-state index in [0.717, 1.165) is 25.9 Å². The molecule has 0 aromatic carbocycles. The number of piperidine rings is 1. The van der Waals surface area contributed by atoms with Gasteiger partial charge in [0.2, 0.25) is 0 Å². The maximum absolute atomic E-state index is 12.0. The highest BCUT2D eigenvalue weighted by molar-refractivity contribution is 7.13. The van der Waals surface area contributed by atoms with Crippen LogP contribution in [0.1, 0.15) is 44.1 Å². The number of nitrogens with one attached hydrogen (secondary N) is 1. The Bertz CT molecular complexity index is 724. The average molecular weight is 429 g/mol. The summed E-state index contributed by atoms with van der Waals surface area (Å²) in [6, 6.07) is -1.26. The van der Waals surface area contributed by atoms with Crippen LogP contribution in [0, 0.1) is 5.92 Å². The fourth-order valence-electron chi connectivity index (χ4n) is 2.67. The molecule has 162 valence electrons. The summed E-state index contributed by atoms with van der Waals surface area (Å²) < 4.78 is 9.84. The Morgan fingerprint density at radius 2 is 2.03 bits per heavy atom. The van der Waals surface area contributed by atoms with Gasteiger partial charge in [0.25, 0.3) is 0 Å². The second-order valence-corrected chi connectivity index (χ2v) is 8.66. The van der Waals surface area contributed by atoms with Crippen LogP contribution in [-0.2, 0) is 14.3 Å². The fraction of sp³-hybridized carbons (Fsp3) is 0.667. The molecule has 29 heavy (non-hydrogen) atoms. The summed E-state index contributed by atoms with van der Waals surface area (Å²) in [5.41, 5.74) is 4.82. The second-order valence-electron chi connectivity index (χ2n) is 7.83. The molecule has 0 spiro atoms. The summed E-state index contributed by atoms with van der Waals surface area (Å²) in [6.07, 6.45) is 1.30. The van der Waals surface area contributed by atoms with Gasteiger partial charge in [-0.05, 0) is 39.5 Å². The molecule has 11 heteroatoms. The van der Waals surface area contributed by atoms with Gasteiger partial charge in [-0.25, -0.2) is 19.4 Å². The van der Waals surface area contributed by atoms with E-state index in [-0.39, 0.29) is 5.69 Å². The lowest BCUT2D eigenvalue weighted by Gasteiger charge is -2.32. The van der Waals surface area contributed by atoms with Gasteiger partial charge < -0.3 is 30.5 Å². The van der Waals surface area contributed by atoms with Crippen LogP contribution in [0.4, 0.5) is 9.93 Å². The van der Waals surface area contributed by atoms with E-state index < -0.39 is 36.3 Å². The smallest absolute Gasteiger partial charge is 0.407 e. The molecular formula is C18H28N4O6S. The maximum Gasteiger partial charge on any atom is 0.407 e. The van der Waals surface area contributed by atoms with Crippen LogP contribution in [0.2, 0.25) is 0 Å². The van der Waals surface area contributed by atoms with Gasteiger partial charge in [-0.3, -0.25) is 0 Å². The molecule has 2 heterocycles. The first-order chi connectivity index (χ1) is 13.6. The Kier molecular flexibility index (Phi) is 7.94. The highest BCUT2D eigenvalue weighted by Gasteiger charge is 2.25. The molecule has 1 amide bonds. The number of nitrogens with zero attached hydrogens (tertiary/aromatic N) is 2. The van der Waals surface area contributed by atoms with E-state index in [4.69, 9.17) is 15.6 Å². The van der Waals surface area contributed by atoms with Crippen molar-refractivity contribution >= 4 is 34.5 Å². The number of ether oxygens (including phenoxy) is 2. The first-order valence-corrected chi connectivity index (χ1v) is 10.3. The van der Waals surface area contributed by atoms with E-state index in [1.807, 2.05) is 25.7 Å². The van der Waals surface area contributed by atoms with E-state index in [1.165, 1.54) is 16.7 Å². The number of aromatic nitrogens is 1. The number of aliphatic hydroxyl groups is 1. The van der Waals surface area contributed by atoms with Crippen LogP contribution in [-0.4, -0.2) is 66.0 Å². The summed E-state index contributed by atoms with van der Waals surface area (Å²) in [4.78, 5) is 41.5. The number of carbonyl (C=O) groups is 3. The topological polar surface area (TPSA) is 144 Å². The number of nitrogens with two attached hydrogens (primary N) is 1. The molecule has 1 aromatic heterocycles. The van der Waals surface area contributed by atoms with E-state index >= 15 is 0 Å². The molecule has 1 aliphatic rings. The zero-order valence-corrected chi connectivity index (χ0v) is 17.7. The van der Waals surface area contributed by atoms with E-state index in [9.17, 15) is 14.4 Å². The highest BCUT2D eigenvalue weighted by Crippen LogP contribution is 2.26. The molecule has 1 atom stereocenters. The van der Waals surface area contributed by atoms with Gasteiger partial charge in [0.15, 0.2) is 10.8 Å². The normalized spacial score (nSPS) is 16.2. The van der Waals surface area contributed by atoms with Crippen LogP contribution in [0.25, 0.3) is 0 Å². The minimum Gasteiger partial charge on any atom is -0.444 e. The Hall–Kier alpha value is -2.24. The number of anilines is 1. The predicted octanol–water partition coefficient (Wildman–Crippen LogP) is 0.887. The Morgan fingerprint density at radius 1 is 1.38 bits per heavy atom. The minimum atomic E-state index is -1.26. The molecule has 2 rings (SSSR count). The minimum absolute atomic E-state index is 0.0252. The van der Waals surface area contributed by atoms with Gasteiger partial charge in [0.05, 0.1) is 6.61 Å². The van der Waals surface area contributed by atoms with Crippen molar-refractivity contribution in [1.29, 1.82) is 0 Å². The number of hydrogen-bond acceptors (Lipinski definition) is 10. The summed E-state index contributed by atoms with van der Waals surface area (Å²) in [7, 11) is 0. The van der Waals surface area contributed by atoms with Crippen molar-refractivity contribution < 1.29 is 29.0 Å². The van der Waals surface area contributed by atoms with Crippen LogP contribution < -0.4 is 16.0 Å². The van der Waals surface area contributed by atoms with Gasteiger partial charge in [0.1, 0.15) is 11.6 Å². The molecule has 0 unspecified atom stereocenters. The quantitative estimate of drug-likeness (QED) is 0.444. The monoisotopic (exact) mass is 428 g/mol.